The molecule has 0 unspecified atom stereocenters. The third kappa shape index (κ3) is 5.48. The summed E-state index contributed by atoms with van der Waals surface area (Å²) in [5.74, 6) is 2.13. The van der Waals surface area contributed by atoms with Crippen molar-refractivity contribution >= 4 is 5.91 Å². The number of nitrogens with zero attached hydrogens (tertiary/aromatic N) is 1. The van der Waals surface area contributed by atoms with E-state index in [0.29, 0.717) is 31.9 Å². The average Bonchev–Trinajstić information content (AvgIpc) is 3.17. The Morgan fingerprint density at radius 3 is 2.54 bits per heavy atom. The number of hydrogen-bond acceptors (Lipinski definition) is 4. The SMILES string of the molecule is O=C(CCc1ncc(-c2ccccc2)o1)NCCCOc1ccccc1. The number of carbonyl (C=O) groups excluding carboxylic acids is 1. The standard InChI is InChI=1S/C21H22N2O3/c24-20(22-14-7-15-25-18-10-5-2-6-11-18)12-13-21-23-16-19(26-21)17-8-3-1-4-9-17/h1-6,8-11,16H,7,12-15H2,(H,22,24). The van der Waals surface area contributed by atoms with Gasteiger partial charge in [0.15, 0.2) is 11.7 Å². The molecule has 3 rings (SSSR count). The molecule has 0 fully saturated rings. The molecule has 0 aliphatic carbocycles. The predicted octanol–water partition coefficient (Wildman–Crippen LogP) is 3.86. The van der Waals surface area contributed by atoms with Crippen LogP contribution >= 0.6 is 0 Å². The van der Waals surface area contributed by atoms with E-state index in [9.17, 15) is 4.79 Å². The van der Waals surface area contributed by atoms with Crippen LogP contribution in [0.25, 0.3) is 11.3 Å². The maximum atomic E-state index is 11.9. The lowest BCUT2D eigenvalue weighted by Crippen LogP contribution is -2.25. The highest BCUT2D eigenvalue weighted by atomic mass is 16.5. The summed E-state index contributed by atoms with van der Waals surface area (Å²) in [7, 11) is 0. The molecular formula is C21H22N2O3. The highest BCUT2D eigenvalue weighted by Crippen LogP contribution is 2.20. The van der Waals surface area contributed by atoms with E-state index in [4.69, 9.17) is 9.15 Å². The zero-order valence-electron chi connectivity index (χ0n) is 14.6. The summed E-state index contributed by atoms with van der Waals surface area (Å²) < 4.78 is 11.3. The summed E-state index contributed by atoms with van der Waals surface area (Å²) in [5.41, 5.74) is 0.981. The van der Waals surface area contributed by atoms with E-state index in [0.717, 1.165) is 23.5 Å². The zero-order chi connectivity index (χ0) is 18.0. The number of para-hydroxylation sites is 1. The zero-order valence-corrected chi connectivity index (χ0v) is 14.6. The van der Waals surface area contributed by atoms with Crippen molar-refractivity contribution in [3.63, 3.8) is 0 Å². The van der Waals surface area contributed by atoms with E-state index in [1.807, 2.05) is 60.7 Å². The molecule has 1 aromatic heterocycles. The molecule has 0 atom stereocenters. The monoisotopic (exact) mass is 350 g/mol. The van der Waals surface area contributed by atoms with Crippen molar-refractivity contribution < 1.29 is 13.9 Å². The van der Waals surface area contributed by atoms with E-state index in [2.05, 4.69) is 10.3 Å². The first-order valence-corrected chi connectivity index (χ1v) is 8.76. The molecule has 2 aromatic carbocycles. The van der Waals surface area contributed by atoms with E-state index >= 15 is 0 Å². The van der Waals surface area contributed by atoms with Crippen molar-refractivity contribution in [1.29, 1.82) is 0 Å². The Hall–Kier alpha value is -3.08. The van der Waals surface area contributed by atoms with E-state index in [-0.39, 0.29) is 5.91 Å². The van der Waals surface area contributed by atoms with Gasteiger partial charge in [0.1, 0.15) is 5.75 Å². The Kier molecular flexibility index (Phi) is 6.42. The molecule has 1 heterocycles. The van der Waals surface area contributed by atoms with E-state index < -0.39 is 0 Å². The number of carbonyl (C=O) groups is 1. The predicted molar refractivity (Wildman–Crippen MR) is 99.8 cm³/mol. The summed E-state index contributed by atoms with van der Waals surface area (Å²) in [6.45, 7) is 1.16. The molecule has 0 aliphatic rings. The minimum Gasteiger partial charge on any atom is -0.494 e. The van der Waals surface area contributed by atoms with Gasteiger partial charge in [-0.3, -0.25) is 4.79 Å². The first kappa shape index (κ1) is 17.7. The van der Waals surface area contributed by atoms with Crippen molar-refractivity contribution in [2.45, 2.75) is 19.3 Å². The Labute approximate surface area is 153 Å². The van der Waals surface area contributed by atoms with Crippen LogP contribution in [0, 0.1) is 0 Å². The highest BCUT2D eigenvalue weighted by molar-refractivity contribution is 5.76. The topological polar surface area (TPSA) is 64.4 Å². The highest BCUT2D eigenvalue weighted by Gasteiger charge is 2.08. The second-order valence-electron chi connectivity index (χ2n) is 5.85. The first-order chi connectivity index (χ1) is 12.8. The Balaban J connectivity index is 1.32. The second kappa shape index (κ2) is 9.42. The largest absolute Gasteiger partial charge is 0.494 e. The Bertz CT molecular complexity index is 800. The molecule has 3 aromatic rings. The summed E-state index contributed by atoms with van der Waals surface area (Å²) in [5, 5.41) is 2.89. The van der Waals surface area contributed by atoms with Gasteiger partial charge in [0, 0.05) is 24.9 Å². The third-order valence-corrected chi connectivity index (χ3v) is 3.83. The molecule has 0 saturated carbocycles. The minimum absolute atomic E-state index is 0.0100. The van der Waals surface area contributed by atoms with Crippen LogP contribution in [-0.2, 0) is 11.2 Å². The molecule has 26 heavy (non-hydrogen) atoms. The normalized spacial score (nSPS) is 10.5. The van der Waals surface area contributed by atoms with Gasteiger partial charge in [-0.05, 0) is 18.6 Å². The third-order valence-electron chi connectivity index (χ3n) is 3.83. The molecule has 5 nitrogen and oxygen atoms in total. The number of hydrogen-bond donors (Lipinski definition) is 1. The minimum atomic E-state index is -0.0100. The quantitative estimate of drug-likeness (QED) is 0.595. The number of rotatable bonds is 9. The molecule has 0 saturated heterocycles. The summed E-state index contributed by atoms with van der Waals surface area (Å²) in [6, 6.07) is 19.4. The van der Waals surface area contributed by atoms with Crippen LogP contribution in [-0.4, -0.2) is 24.0 Å². The number of aryl methyl sites for hydroxylation is 1. The first-order valence-electron chi connectivity index (χ1n) is 8.76. The van der Waals surface area contributed by atoms with E-state index in [1.54, 1.807) is 6.20 Å². The van der Waals surface area contributed by atoms with Crippen molar-refractivity contribution in [1.82, 2.24) is 10.3 Å². The lowest BCUT2D eigenvalue weighted by Gasteiger charge is -2.07. The van der Waals surface area contributed by atoms with Gasteiger partial charge in [0.2, 0.25) is 5.91 Å². The van der Waals surface area contributed by atoms with Gasteiger partial charge < -0.3 is 14.5 Å². The van der Waals surface area contributed by atoms with Crippen molar-refractivity contribution in [2.75, 3.05) is 13.2 Å². The van der Waals surface area contributed by atoms with E-state index in [1.165, 1.54) is 0 Å². The van der Waals surface area contributed by atoms with Crippen LogP contribution in [0.1, 0.15) is 18.7 Å². The molecule has 134 valence electrons. The molecule has 1 amide bonds. The molecule has 1 N–H and O–H groups in total. The number of ether oxygens (including phenoxy) is 1. The number of oxazole rings is 1. The maximum Gasteiger partial charge on any atom is 0.220 e. The van der Waals surface area contributed by atoms with Crippen LogP contribution < -0.4 is 10.1 Å². The van der Waals surface area contributed by atoms with Gasteiger partial charge in [-0.25, -0.2) is 4.98 Å². The fraction of sp³-hybridized carbons (Fsp3) is 0.238. The van der Waals surface area contributed by atoms with Crippen LogP contribution in [0.15, 0.2) is 71.3 Å². The summed E-state index contributed by atoms with van der Waals surface area (Å²) in [4.78, 5) is 16.1. The molecule has 0 bridgehead atoms. The van der Waals surface area contributed by atoms with Crippen LogP contribution in [0.4, 0.5) is 0 Å². The van der Waals surface area contributed by atoms with Crippen LogP contribution in [0.2, 0.25) is 0 Å². The van der Waals surface area contributed by atoms with Gasteiger partial charge in [-0.1, -0.05) is 48.5 Å². The van der Waals surface area contributed by atoms with Crippen molar-refractivity contribution in [3.8, 4) is 17.1 Å². The summed E-state index contributed by atoms with van der Waals surface area (Å²) >= 11 is 0. The molecule has 0 aliphatic heterocycles. The van der Waals surface area contributed by atoms with Crippen molar-refractivity contribution in [3.05, 3.63) is 72.8 Å². The molecule has 0 spiro atoms. The molecule has 5 heteroatoms. The Morgan fingerprint density at radius 2 is 1.77 bits per heavy atom. The number of nitrogens with one attached hydrogen (secondary N) is 1. The van der Waals surface area contributed by atoms with Crippen LogP contribution in [0.3, 0.4) is 0 Å². The second-order valence-corrected chi connectivity index (χ2v) is 5.85. The van der Waals surface area contributed by atoms with Gasteiger partial charge >= 0.3 is 0 Å². The van der Waals surface area contributed by atoms with Gasteiger partial charge in [-0.15, -0.1) is 0 Å². The number of benzene rings is 2. The Morgan fingerprint density at radius 1 is 1.04 bits per heavy atom. The van der Waals surface area contributed by atoms with Gasteiger partial charge in [0.05, 0.1) is 12.8 Å². The maximum absolute atomic E-state index is 11.9. The lowest BCUT2D eigenvalue weighted by molar-refractivity contribution is -0.121. The number of aromatic nitrogens is 1. The van der Waals surface area contributed by atoms with Gasteiger partial charge in [0.25, 0.3) is 0 Å². The van der Waals surface area contributed by atoms with Crippen LogP contribution in [0.5, 0.6) is 5.75 Å². The fourth-order valence-corrected chi connectivity index (χ4v) is 2.48. The number of amides is 1. The smallest absolute Gasteiger partial charge is 0.220 e. The molecular weight excluding hydrogens is 328 g/mol. The average molecular weight is 350 g/mol. The summed E-state index contributed by atoms with van der Waals surface area (Å²) in [6.07, 6.45) is 3.30. The molecule has 0 radical (unpaired) electrons. The van der Waals surface area contributed by atoms with Crippen molar-refractivity contribution in [2.24, 2.45) is 0 Å². The van der Waals surface area contributed by atoms with Gasteiger partial charge in [-0.2, -0.15) is 0 Å². The lowest BCUT2D eigenvalue weighted by atomic mass is 10.2. The fourth-order valence-electron chi connectivity index (χ4n) is 2.48.